The van der Waals surface area contributed by atoms with Gasteiger partial charge in [0, 0.05) is 43.1 Å². The lowest BCUT2D eigenvalue weighted by Crippen LogP contribution is -2.04. The molecule has 5 nitrogen and oxygen atoms in total. The smallest absolute Gasteiger partial charge is 0.222 e. The molecule has 0 saturated heterocycles. The zero-order valence-corrected chi connectivity index (χ0v) is 15.5. The van der Waals surface area contributed by atoms with Gasteiger partial charge in [0.1, 0.15) is 11.5 Å². The number of halogens is 3. The summed E-state index contributed by atoms with van der Waals surface area (Å²) in [5, 5.41) is 4.77. The van der Waals surface area contributed by atoms with E-state index < -0.39 is 5.82 Å². The van der Waals surface area contributed by atoms with E-state index in [0.29, 0.717) is 23.9 Å². The molecular formula is C19H14Cl2FN5. The first kappa shape index (κ1) is 17.7. The Balaban J connectivity index is 1.44. The highest BCUT2D eigenvalue weighted by molar-refractivity contribution is 6.31. The highest BCUT2D eigenvalue weighted by Gasteiger charge is 2.08. The number of hydrogen-bond donors (Lipinski definition) is 2. The average Bonchev–Trinajstić information content (AvgIpc) is 3.06. The number of rotatable bonds is 5. The van der Waals surface area contributed by atoms with Gasteiger partial charge in [0.2, 0.25) is 5.95 Å². The highest BCUT2D eigenvalue weighted by atomic mass is 35.5. The first-order chi connectivity index (χ1) is 13.1. The Labute approximate surface area is 164 Å². The van der Waals surface area contributed by atoms with E-state index in [9.17, 15) is 4.39 Å². The lowest BCUT2D eigenvalue weighted by Gasteiger charge is -2.06. The number of benzene rings is 1. The van der Waals surface area contributed by atoms with Gasteiger partial charge in [0.05, 0.1) is 10.0 Å². The number of pyridine rings is 1. The first-order valence-corrected chi connectivity index (χ1v) is 8.94. The zero-order chi connectivity index (χ0) is 18.8. The molecule has 0 radical (unpaired) electrons. The number of nitrogens with one attached hydrogen (secondary N) is 2. The molecule has 1 aromatic carbocycles. The van der Waals surface area contributed by atoms with E-state index >= 15 is 0 Å². The molecule has 0 bridgehead atoms. The van der Waals surface area contributed by atoms with E-state index in [-0.39, 0.29) is 5.02 Å². The Morgan fingerprint density at radius 3 is 2.59 bits per heavy atom. The lowest BCUT2D eigenvalue weighted by molar-refractivity contribution is 0.627. The van der Waals surface area contributed by atoms with E-state index in [4.69, 9.17) is 23.2 Å². The van der Waals surface area contributed by atoms with Crippen LogP contribution < -0.4 is 5.32 Å². The van der Waals surface area contributed by atoms with Gasteiger partial charge in [-0.3, -0.25) is 0 Å². The normalized spacial score (nSPS) is 11.1. The summed E-state index contributed by atoms with van der Waals surface area (Å²) in [7, 11) is 0. The van der Waals surface area contributed by atoms with Crippen molar-refractivity contribution in [2.45, 2.75) is 13.0 Å². The van der Waals surface area contributed by atoms with Gasteiger partial charge in [-0.25, -0.2) is 19.3 Å². The molecule has 0 saturated carbocycles. The summed E-state index contributed by atoms with van der Waals surface area (Å²) < 4.78 is 13.2. The topological polar surface area (TPSA) is 66.5 Å². The quantitative estimate of drug-likeness (QED) is 0.493. The predicted molar refractivity (Wildman–Crippen MR) is 105 cm³/mol. The van der Waals surface area contributed by atoms with Crippen LogP contribution in [0.2, 0.25) is 10.0 Å². The monoisotopic (exact) mass is 401 g/mol. The highest BCUT2D eigenvalue weighted by Crippen LogP contribution is 2.22. The molecule has 0 aliphatic rings. The molecule has 3 heterocycles. The van der Waals surface area contributed by atoms with Crippen LogP contribution in [0.3, 0.4) is 0 Å². The fraction of sp³-hybridized carbons (Fsp3) is 0.105. The standard InChI is InChI=1S/C19H14Cl2FN5/c20-14-5-15-13(9-23-18(15)24-10-14)3-12-7-26-19(27-8-12)25-6-11-1-2-17(22)16(21)4-11/h1-2,4-5,7-10H,3,6H2,(H,23,24)(H,25,26,27). The third-order valence-electron chi connectivity index (χ3n) is 4.12. The second kappa shape index (κ2) is 7.50. The van der Waals surface area contributed by atoms with Gasteiger partial charge in [-0.1, -0.05) is 29.3 Å². The summed E-state index contributed by atoms with van der Waals surface area (Å²) in [6.45, 7) is 0.450. The number of anilines is 1. The molecule has 0 aliphatic heterocycles. The van der Waals surface area contributed by atoms with Crippen LogP contribution in [0.1, 0.15) is 16.7 Å². The summed E-state index contributed by atoms with van der Waals surface area (Å²) in [5.41, 5.74) is 3.68. The zero-order valence-electron chi connectivity index (χ0n) is 14.0. The Hall–Kier alpha value is -2.70. The molecule has 8 heteroatoms. The molecule has 0 spiro atoms. The molecule has 4 rings (SSSR count). The molecule has 0 unspecified atom stereocenters. The van der Waals surface area contributed by atoms with Gasteiger partial charge in [-0.15, -0.1) is 0 Å². The molecule has 0 amide bonds. The van der Waals surface area contributed by atoms with Gasteiger partial charge >= 0.3 is 0 Å². The summed E-state index contributed by atoms with van der Waals surface area (Å²) >= 11 is 11.8. The van der Waals surface area contributed by atoms with E-state index in [1.165, 1.54) is 6.07 Å². The van der Waals surface area contributed by atoms with Gasteiger partial charge in [0.25, 0.3) is 0 Å². The van der Waals surface area contributed by atoms with Crippen LogP contribution in [0.4, 0.5) is 10.3 Å². The summed E-state index contributed by atoms with van der Waals surface area (Å²) in [4.78, 5) is 16.1. The molecule has 136 valence electrons. The Kier molecular flexibility index (Phi) is 4.92. The second-order valence-electron chi connectivity index (χ2n) is 6.06. The van der Waals surface area contributed by atoms with Crippen molar-refractivity contribution in [3.8, 4) is 0 Å². The molecule has 0 fully saturated rings. The van der Waals surface area contributed by atoms with E-state index in [0.717, 1.165) is 27.7 Å². The molecule has 3 aromatic heterocycles. The SMILES string of the molecule is Fc1ccc(CNc2ncc(Cc3c[nH]c4ncc(Cl)cc34)cn2)cc1Cl. The largest absolute Gasteiger partial charge is 0.350 e. The van der Waals surface area contributed by atoms with Crippen LogP contribution in [-0.2, 0) is 13.0 Å². The molecule has 27 heavy (non-hydrogen) atoms. The van der Waals surface area contributed by atoms with Crippen LogP contribution in [0.25, 0.3) is 11.0 Å². The fourth-order valence-electron chi connectivity index (χ4n) is 2.77. The van der Waals surface area contributed by atoms with Crippen molar-refractivity contribution < 1.29 is 4.39 Å². The van der Waals surface area contributed by atoms with Crippen LogP contribution in [0.5, 0.6) is 0 Å². The minimum atomic E-state index is -0.435. The van der Waals surface area contributed by atoms with Crippen molar-refractivity contribution in [3.05, 3.63) is 81.6 Å². The van der Waals surface area contributed by atoms with Crippen molar-refractivity contribution in [1.29, 1.82) is 0 Å². The van der Waals surface area contributed by atoms with E-state index in [1.54, 1.807) is 30.7 Å². The third kappa shape index (κ3) is 4.02. The Morgan fingerprint density at radius 2 is 1.81 bits per heavy atom. The van der Waals surface area contributed by atoms with Crippen molar-refractivity contribution in [3.63, 3.8) is 0 Å². The molecule has 0 aliphatic carbocycles. The van der Waals surface area contributed by atoms with Crippen LogP contribution in [0, 0.1) is 5.82 Å². The minimum Gasteiger partial charge on any atom is -0.350 e. The van der Waals surface area contributed by atoms with Gasteiger partial charge in [-0.05, 0) is 34.9 Å². The van der Waals surface area contributed by atoms with Gasteiger partial charge in [0.15, 0.2) is 0 Å². The average molecular weight is 402 g/mol. The second-order valence-corrected chi connectivity index (χ2v) is 6.90. The first-order valence-electron chi connectivity index (χ1n) is 8.19. The minimum absolute atomic E-state index is 0.0962. The lowest BCUT2D eigenvalue weighted by atomic mass is 10.1. The number of hydrogen-bond acceptors (Lipinski definition) is 4. The summed E-state index contributed by atoms with van der Waals surface area (Å²) in [5.74, 6) is 0.0534. The van der Waals surface area contributed by atoms with Crippen LogP contribution >= 0.6 is 23.2 Å². The predicted octanol–water partition coefficient (Wildman–Crippen LogP) is 5.00. The summed E-state index contributed by atoms with van der Waals surface area (Å²) in [6, 6.07) is 6.47. The van der Waals surface area contributed by atoms with Gasteiger partial charge < -0.3 is 10.3 Å². The summed E-state index contributed by atoms with van der Waals surface area (Å²) in [6.07, 6.45) is 7.73. The maximum Gasteiger partial charge on any atom is 0.222 e. The molecule has 4 aromatic rings. The van der Waals surface area contributed by atoms with Gasteiger partial charge in [-0.2, -0.15) is 0 Å². The van der Waals surface area contributed by atoms with E-state index in [2.05, 4.69) is 25.3 Å². The number of fused-ring (bicyclic) bond motifs is 1. The molecule has 2 N–H and O–H groups in total. The Morgan fingerprint density at radius 1 is 1.00 bits per heavy atom. The Bertz CT molecular complexity index is 1100. The van der Waals surface area contributed by atoms with Crippen LogP contribution in [0.15, 0.2) is 49.1 Å². The van der Waals surface area contributed by atoms with Crippen molar-refractivity contribution in [1.82, 2.24) is 19.9 Å². The number of aromatic nitrogens is 4. The van der Waals surface area contributed by atoms with Crippen molar-refractivity contribution in [2.24, 2.45) is 0 Å². The fourth-order valence-corrected chi connectivity index (χ4v) is 3.13. The molecule has 0 atom stereocenters. The number of nitrogens with zero attached hydrogens (tertiary/aromatic N) is 3. The molecular weight excluding hydrogens is 388 g/mol. The van der Waals surface area contributed by atoms with Crippen LogP contribution in [-0.4, -0.2) is 19.9 Å². The van der Waals surface area contributed by atoms with Crippen molar-refractivity contribution >= 4 is 40.2 Å². The van der Waals surface area contributed by atoms with Crippen molar-refractivity contribution in [2.75, 3.05) is 5.32 Å². The van der Waals surface area contributed by atoms with E-state index in [1.807, 2.05) is 12.3 Å². The number of aromatic amines is 1. The maximum atomic E-state index is 13.2. The number of H-pyrrole nitrogens is 1. The third-order valence-corrected chi connectivity index (χ3v) is 4.61. The maximum absolute atomic E-state index is 13.2.